The maximum absolute atomic E-state index is 12.7. The highest BCUT2D eigenvalue weighted by molar-refractivity contribution is 7.12. The summed E-state index contributed by atoms with van der Waals surface area (Å²) in [4.78, 5) is 49.7. The average molecular weight is 500 g/mol. The standard InChI is InChI=1S/C24H22ClN3O5S/c1-14(29)20(13-27-24(33)21-6-3-9-34-21)28-23(32)18-8-7-16(11-19(18)25)22(31)26-12-15-4-2-5-17(30)10-15/h2-11,20,30H,12-13H2,1H3,(H,26,31)(H,27,33)(H,28,32). The van der Waals surface area contributed by atoms with E-state index in [1.807, 2.05) is 0 Å². The van der Waals surface area contributed by atoms with Gasteiger partial charge in [0.05, 0.1) is 15.5 Å². The first-order chi connectivity index (χ1) is 16.2. The molecule has 1 atom stereocenters. The van der Waals surface area contributed by atoms with Crippen molar-refractivity contribution in [2.75, 3.05) is 6.54 Å². The van der Waals surface area contributed by atoms with E-state index in [1.54, 1.807) is 29.6 Å². The number of thiophene rings is 1. The number of phenolic OH excluding ortho intramolecular Hbond substituents is 1. The van der Waals surface area contributed by atoms with Crippen LogP contribution in [0.1, 0.15) is 42.9 Å². The maximum Gasteiger partial charge on any atom is 0.261 e. The van der Waals surface area contributed by atoms with Gasteiger partial charge in [-0.15, -0.1) is 11.3 Å². The first-order valence-corrected chi connectivity index (χ1v) is 11.5. The second-order valence-electron chi connectivity index (χ2n) is 7.37. The highest BCUT2D eigenvalue weighted by Gasteiger charge is 2.21. The zero-order valence-corrected chi connectivity index (χ0v) is 19.7. The number of carbonyl (C=O) groups is 4. The number of rotatable bonds is 9. The monoisotopic (exact) mass is 499 g/mol. The Morgan fingerprint density at radius 1 is 0.971 bits per heavy atom. The lowest BCUT2D eigenvalue weighted by atomic mass is 10.1. The molecule has 1 heterocycles. The number of nitrogens with one attached hydrogen (secondary N) is 3. The molecule has 0 bridgehead atoms. The maximum atomic E-state index is 12.7. The molecule has 0 saturated heterocycles. The molecule has 3 rings (SSSR count). The van der Waals surface area contributed by atoms with Crippen LogP contribution in [0.25, 0.3) is 0 Å². The molecule has 1 unspecified atom stereocenters. The molecule has 176 valence electrons. The van der Waals surface area contributed by atoms with Gasteiger partial charge in [-0.25, -0.2) is 0 Å². The van der Waals surface area contributed by atoms with Gasteiger partial charge in [0.2, 0.25) is 0 Å². The molecule has 0 spiro atoms. The Bertz CT molecular complexity index is 1210. The SMILES string of the molecule is CC(=O)C(CNC(=O)c1cccs1)NC(=O)c1ccc(C(=O)NCc2cccc(O)c2)cc1Cl. The summed E-state index contributed by atoms with van der Waals surface area (Å²) in [6.45, 7) is 1.43. The van der Waals surface area contributed by atoms with Crippen LogP contribution in [0.2, 0.25) is 5.02 Å². The van der Waals surface area contributed by atoms with Crippen LogP contribution in [0.4, 0.5) is 0 Å². The Kier molecular flexibility index (Phi) is 8.39. The third kappa shape index (κ3) is 6.66. The van der Waals surface area contributed by atoms with Crippen LogP contribution < -0.4 is 16.0 Å². The Morgan fingerprint density at radius 3 is 2.41 bits per heavy atom. The largest absolute Gasteiger partial charge is 0.508 e. The minimum absolute atomic E-state index is 0.0347. The topological polar surface area (TPSA) is 125 Å². The van der Waals surface area contributed by atoms with Crippen molar-refractivity contribution in [3.8, 4) is 5.75 Å². The summed E-state index contributed by atoms with van der Waals surface area (Å²) in [5.41, 5.74) is 1.05. The quantitative estimate of drug-likeness (QED) is 0.360. The molecule has 3 amide bonds. The van der Waals surface area contributed by atoms with E-state index >= 15 is 0 Å². The number of ketones is 1. The molecular weight excluding hydrogens is 478 g/mol. The summed E-state index contributed by atoms with van der Waals surface area (Å²) in [5.74, 6) is -1.59. The lowest BCUT2D eigenvalue weighted by Crippen LogP contribution is -2.47. The van der Waals surface area contributed by atoms with Crippen molar-refractivity contribution in [3.63, 3.8) is 0 Å². The van der Waals surface area contributed by atoms with Gasteiger partial charge in [0.1, 0.15) is 11.8 Å². The second-order valence-corrected chi connectivity index (χ2v) is 8.73. The zero-order valence-electron chi connectivity index (χ0n) is 18.1. The predicted molar refractivity (Wildman–Crippen MR) is 129 cm³/mol. The van der Waals surface area contributed by atoms with Gasteiger partial charge < -0.3 is 21.1 Å². The van der Waals surface area contributed by atoms with Crippen LogP contribution in [-0.2, 0) is 11.3 Å². The summed E-state index contributed by atoms with van der Waals surface area (Å²) >= 11 is 7.50. The summed E-state index contributed by atoms with van der Waals surface area (Å²) < 4.78 is 0. The Balaban J connectivity index is 1.60. The summed E-state index contributed by atoms with van der Waals surface area (Å²) in [5, 5.41) is 19.2. The van der Waals surface area contributed by atoms with Crippen LogP contribution in [0.3, 0.4) is 0 Å². The van der Waals surface area contributed by atoms with Gasteiger partial charge in [-0.3, -0.25) is 19.2 Å². The molecule has 0 aliphatic rings. The van der Waals surface area contributed by atoms with Crippen molar-refractivity contribution in [2.24, 2.45) is 0 Å². The van der Waals surface area contributed by atoms with Gasteiger partial charge >= 0.3 is 0 Å². The third-order valence-electron chi connectivity index (χ3n) is 4.85. The zero-order chi connectivity index (χ0) is 24.7. The van der Waals surface area contributed by atoms with Crippen LogP contribution in [0.5, 0.6) is 5.75 Å². The first-order valence-electron chi connectivity index (χ1n) is 10.2. The van der Waals surface area contributed by atoms with Crippen LogP contribution in [0, 0.1) is 0 Å². The highest BCUT2D eigenvalue weighted by atomic mass is 35.5. The molecule has 1 aromatic heterocycles. The van der Waals surface area contributed by atoms with Gasteiger partial charge in [-0.05, 0) is 54.3 Å². The number of hydrogen-bond acceptors (Lipinski definition) is 6. The van der Waals surface area contributed by atoms with Crippen molar-refractivity contribution in [1.29, 1.82) is 0 Å². The Morgan fingerprint density at radius 2 is 1.76 bits per heavy atom. The molecule has 34 heavy (non-hydrogen) atoms. The lowest BCUT2D eigenvalue weighted by Gasteiger charge is -2.17. The van der Waals surface area contributed by atoms with Gasteiger partial charge in [0.15, 0.2) is 5.78 Å². The molecule has 8 nitrogen and oxygen atoms in total. The van der Waals surface area contributed by atoms with Crippen molar-refractivity contribution in [2.45, 2.75) is 19.5 Å². The number of aromatic hydroxyl groups is 1. The van der Waals surface area contributed by atoms with E-state index in [9.17, 15) is 24.3 Å². The normalized spacial score (nSPS) is 11.4. The minimum Gasteiger partial charge on any atom is -0.508 e. The number of amides is 3. The highest BCUT2D eigenvalue weighted by Crippen LogP contribution is 2.19. The fourth-order valence-electron chi connectivity index (χ4n) is 3.01. The van der Waals surface area contributed by atoms with E-state index < -0.39 is 17.9 Å². The van der Waals surface area contributed by atoms with Crippen LogP contribution >= 0.6 is 22.9 Å². The van der Waals surface area contributed by atoms with Gasteiger partial charge in [-0.2, -0.15) is 0 Å². The smallest absolute Gasteiger partial charge is 0.261 e. The van der Waals surface area contributed by atoms with Crippen molar-refractivity contribution in [1.82, 2.24) is 16.0 Å². The van der Waals surface area contributed by atoms with E-state index in [-0.39, 0.29) is 46.7 Å². The molecule has 10 heteroatoms. The number of hydrogen-bond donors (Lipinski definition) is 4. The number of halogens is 1. The lowest BCUT2D eigenvalue weighted by molar-refractivity contribution is -0.118. The number of carbonyl (C=O) groups excluding carboxylic acids is 4. The van der Waals surface area contributed by atoms with Crippen molar-refractivity contribution in [3.05, 3.63) is 86.6 Å². The van der Waals surface area contributed by atoms with E-state index in [0.29, 0.717) is 4.88 Å². The second kappa shape index (κ2) is 11.4. The predicted octanol–water partition coefficient (Wildman–Crippen LogP) is 3.15. The van der Waals surface area contributed by atoms with Gasteiger partial charge in [-0.1, -0.05) is 29.8 Å². The van der Waals surface area contributed by atoms with Gasteiger partial charge in [0.25, 0.3) is 17.7 Å². The molecule has 4 N–H and O–H groups in total. The molecule has 0 fully saturated rings. The van der Waals surface area contributed by atoms with Crippen LogP contribution in [-0.4, -0.2) is 41.2 Å². The molecule has 0 aliphatic carbocycles. The van der Waals surface area contributed by atoms with Crippen LogP contribution in [0.15, 0.2) is 60.0 Å². The average Bonchev–Trinajstić information content (AvgIpc) is 3.34. The van der Waals surface area contributed by atoms with E-state index in [1.165, 1.54) is 48.6 Å². The van der Waals surface area contributed by atoms with E-state index in [4.69, 9.17) is 11.6 Å². The van der Waals surface area contributed by atoms with Crippen molar-refractivity contribution < 1.29 is 24.3 Å². The molecule has 0 aliphatic heterocycles. The van der Waals surface area contributed by atoms with E-state index in [0.717, 1.165) is 5.56 Å². The number of Topliss-reactive ketones (excluding diaryl/α,β-unsaturated/α-hetero) is 1. The third-order valence-corrected chi connectivity index (χ3v) is 6.03. The summed E-state index contributed by atoms with van der Waals surface area (Å²) in [7, 11) is 0. The van der Waals surface area contributed by atoms with Gasteiger partial charge in [0, 0.05) is 18.7 Å². The number of phenols is 1. The fourth-order valence-corrected chi connectivity index (χ4v) is 3.92. The Hall–Kier alpha value is -3.69. The molecular formula is C24H22ClN3O5S. The molecule has 0 radical (unpaired) electrons. The summed E-state index contributed by atoms with van der Waals surface area (Å²) in [6, 6.07) is 13.1. The number of benzene rings is 2. The Labute approximate surface area is 204 Å². The summed E-state index contributed by atoms with van der Waals surface area (Å²) in [6.07, 6.45) is 0. The molecule has 0 saturated carbocycles. The molecule has 2 aromatic carbocycles. The van der Waals surface area contributed by atoms with E-state index in [2.05, 4.69) is 16.0 Å². The fraction of sp³-hybridized carbons (Fsp3) is 0.167. The minimum atomic E-state index is -0.947. The van der Waals surface area contributed by atoms with Crippen molar-refractivity contribution >= 4 is 46.4 Å². The molecule has 3 aromatic rings. The first kappa shape index (κ1) is 24.9.